The number of hydrogen-bond acceptors (Lipinski definition) is 4. The van der Waals surface area contributed by atoms with E-state index in [1.165, 1.54) is 19.3 Å². The van der Waals surface area contributed by atoms with E-state index < -0.39 is 0 Å². The van der Waals surface area contributed by atoms with Crippen LogP contribution >= 0.6 is 0 Å². The van der Waals surface area contributed by atoms with E-state index in [1.807, 2.05) is 4.90 Å². The van der Waals surface area contributed by atoms with Crippen LogP contribution in [0.3, 0.4) is 0 Å². The second-order valence-corrected chi connectivity index (χ2v) is 12.7. The third-order valence-corrected chi connectivity index (χ3v) is 7.69. The van der Waals surface area contributed by atoms with Crippen LogP contribution in [0.4, 0.5) is 0 Å². The minimum atomic E-state index is -0.166. The summed E-state index contributed by atoms with van der Waals surface area (Å²) in [5, 5.41) is 20.1. The Morgan fingerprint density at radius 2 is 1.66 bits per heavy atom. The first-order chi connectivity index (χ1) is 16.4. The topological polar surface area (TPSA) is 71.2 Å². The number of hydrogen-bond donors (Lipinski definition) is 1. The van der Waals surface area contributed by atoms with Crippen LogP contribution in [0.15, 0.2) is 12.1 Å². The Balaban J connectivity index is 1.47. The van der Waals surface area contributed by atoms with Gasteiger partial charge in [0.25, 0.3) is 0 Å². The zero-order valence-electron chi connectivity index (χ0n) is 22.7. The number of carbonyl (C=O) groups excluding carboxylic acids is 1. The summed E-state index contributed by atoms with van der Waals surface area (Å²) in [6.07, 6.45) is 7.91. The standard InChI is InChI=1S/C29H44N4O2/c1-28(2,3)22-17-20(18-23(26(22)35)29(4,5)6)13-14-25(34)32-15-10-11-21(19-32)27-31-30-24-12-8-7-9-16-33(24)27/h17-18,21,35H,7-16,19H2,1-6H3. The molecule has 4 rings (SSSR count). The third kappa shape index (κ3) is 5.73. The van der Waals surface area contributed by atoms with Gasteiger partial charge in [0.15, 0.2) is 0 Å². The normalized spacial score (nSPS) is 19.4. The molecule has 0 radical (unpaired) electrons. The van der Waals surface area contributed by atoms with Crippen molar-refractivity contribution in [1.82, 2.24) is 19.7 Å². The number of aromatic hydroxyl groups is 1. The molecule has 6 nitrogen and oxygen atoms in total. The van der Waals surface area contributed by atoms with Gasteiger partial charge in [0.2, 0.25) is 5.91 Å². The van der Waals surface area contributed by atoms with Crippen LogP contribution in [0, 0.1) is 0 Å². The molecule has 3 heterocycles. The van der Waals surface area contributed by atoms with Gasteiger partial charge in [0.05, 0.1) is 0 Å². The number of phenolic OH excluding ortho intramolecular Hbond substituents is 1. The first-order valence-corrected chi connectivity index (χ1v) is 13.5. The number of aromatic nitrogens is 3. The van der Waals surface area contributed by atoms with Crippen molar-refractivity contribution >= 4 is 5.91 Å². The van der Waals surface area contributed by atoms with Crippen LogP contribution in [0.5, 0.6) is 5.75 Å². The fourth-order valence-corrected chi connectivity index (χ4v) is 5.62. The lowest BCUT2D eigenvalue weighted by molar-refractivity contribution is -0.132. The van der Waals surface area contributed by atoms with E-state index in [1.54, 1.807) is 0 Å². The summed E-state index contributed by atoms with van der Waals surface area (Å²) >= 11 is 0. The quantitative estimate of drug-likeness (QED) is 0.614. The van der Waals surface area contributed by atoms with Crippen molar-refractivity contribution in [3.05, 3.63) is 40.5 Å². The summed E-state index contributed by atoms with van der Waals surface area (Å²) in [7, 11) is 0. The van der Waals surface area contributed by atoms with Crippen LogP contribution in [0.25, 0.3) is 0 Å². The van der Waals surface area contributed by atoms with Crippen molar-refractivity contribution in [2.24, 2.45) is 0 Å². The van der Waals surface area contributed by atoms with Gasteiger partial charge in [-0.15, -0.1) is 10.2 Å². The lowest BCUT2D eigenvalue weighted by Crippen LogP contribution is -2.40. The number of likely N-dealkylation sites (tertiary alicyclic amines) is 1. The Morgan fingerprint density at radius 3 is 2.31 bits per heavy atom. The molecule has 1 saturated heterocycles. The van der Waals surface area contributed by atoms with Crippen molar-refractivity contribution in [1.29, 1.82) is 0 Å². The minimum absolute atomic E-state index is 0.166. The van der Waals surface area contributed by atoms with Crippen LogP contribution in [-0.4, -0.2) is 43.8 Å². The van der Waals surface area contributed by atoms with Crippen molar-refractivity contribution in [2.45, 2.75) is 116 Å². The van der Waals surface area contributed by atoms with E-state index in [2.05, 4.69) is 68.4 Å². The molecular weight excluding hydrogens is 436 g/mol. The van der Waals surface area contributed by atoms with Gasteiger partial charge in [-0.2, -0.15) is 0 Å². The van der Waals surface area contributed by atoms with Crippen LogP contribution < -0.4 is 0 Å². The highest BCUT2D eigenvalue weighted by molar-refractivity contribution is 5.76. The van der Waals surface area contributed by atoms with Gasteiger partial charge in [0, 0.05) is 38.4 Å². The molecule has 1 unspecified atom stereocenters. The smallest absolute Gasteiger partial charge is 0.222 e. The Hall–Kier alpha value is -2.37. The second-order valence-electron chi connectivity index (χ2n) is 12.7. The highest BCUT2D eigenvalue weighted by Crippen LogP contribution is 2.40. The van der Waals surface area contributed by atoms with Gasteiger partial charge in [0.1, 0.15) is 17.4 Å². The molecule has 1 atom stereocenters. The molecule has 0 bridgehead atoms. The highest BCUT2D eigenvalue weighted by atomic mass is 16.3. The Kier molecular flexibility index (Phi) is 7.31. The molecular formula is C29H44N4O2. The molecule has 2 aliphatic rings. The average Bonchev–Trinajstić information content (AvgIpc) is 3.04. The zero-order valence-corrected chi connectivity index (χ0v) is 22.7. The van der Waals surface area contributed by atoms with Crippen LogP contribution in [0.2, 0.25) is 0 Å². The van der Waals surface area contributed by atoms with Gasteiger partial charge < -0.3 is 14.6 Å². The van der Waals surface area contributed by atoms with Crippen LogP contribution in [0.1, 0.15) is 114 Å². The maximum Gasteiger partial charge on any atom is 0.222 e. The zero-order chi connectivity index (χ0) is 25.4. The maximum absolute atomic E-state index is 13.3. The number of aryl methyl sites for hydroxylation is 2. The molecule has 35 heavy (non-hydrogen) atoms. The largest absolute Gasteiger partial charge is 0.507 e. The molecule has 0 aliphatic carbocycles. The lowest BCUT2D eigenvalue weighted by Gasteiger charge is -2.33. The van der Waals surface area contributed by atoms with Crippen molar-refractivity contribution in [3.63, 3.8) is 0 Å². The van der Waals surface area contributed by atoms with E-state index in [9.17, 15) is 9.90 Å². The van der Waals surface area contributed by atoms with Crippen molar-refractivity contribution in [2.75, 3.05) is 13.1 Å². The molecule has 2 aliphatic heterocycles. The molecule has 1 aromatic heterocycles. The molecule has 1 N–H and O–H groups in total. The Bertz CT molecular complexity index is 1020. The number of rotatable bonds is 4. The van der Waals surface area contributed by atoms with E-state index in [0.717, 1.165) is 67.2 Å². The van der Waals surface area contributed by atoms with Gasteiger partial charge in [-0.05, 0) is 59.6 Å². The summed E-state index contributed by atoms with van der Waals surface area (Å²) in [4.78, 5) is 15.3. The number of fused-ring (bicyclic) bond motifs is 1. The van der Waals surface area contributed by atoms with Gasteiger partial charge in [-0.25, -0.2) is 0 Å². The Labute approximate surface area is 211 Å². The number of amides is 1. The molecule has 1 fully saturated rings. The highest BCUT2D eigenvalue weighted by Gasteiger charge is 2.30. The number of carbonyl (C=O) groups is 1. The number of benzene rings is 1. The first-order valence-electron chi connectivity index (χ1n) is 13.5. The summed E-state index contributed by atoms with van der Waals surface area (Å²) < 4.78 is 2.34. The third-order valence-electron chi connectivity index (χ3n) is 7.69. The molecule has 1 aromatic carbocycles. The Morgan fingerprint density at radius 1 is 0.971 bits per heavy atom. The van der Waals surface area contributed by atoms with Gasteiger partial charge in [-0.1, -0.05) is 60.1 Å². The van der Waals surface area contributed by atoms with Crippen molar-refractivity contribution in [3.8, 4) is 5.75 Å². The molecule has 0 saturated carbocycles. The van der Waals surface area contributed by atoms with Crippen molar-refractivity contribution < 1.29 is 9.90 Å². The monoisotopic (exact) mass is 480 g/mol. The fraction of sp³-hybridized carbons (Fsp3) is 0.690. The minimum Gasteiger partial charge on any atom is -0.507 e. The number of piperidine rings is 1. The van der Waals surface area contributed by atoms with Gasteiger partial charge in [-0.3, -0.25) is 4.79 Å². The maximum atomic E-state index is 13.3. The summed E-state index contributed by atoms with van der Waals surface area (Å²) in [6.45, 7) is 15.3. The second kappa shape index (κ2) is 9.94. The first kappa shape index (κ1) is 25.7. The lowest BCUT2D eigenvalue weighted by atomic mass is 9.78. The molecule has 0 spiro atoms. The predicted molar refractivity (Wildman–Crippen MR) is 140 cm³/mol. The number of phenols is 1. The molecule has 192 valence electrons. The molecule has 1 amide bonds. The average molecular weight is 481 g/mol. The predicted octanol–water partition coefficient (Wildman–Crippen LogP) is 5.64. The van der Waals surface area contributed by atoms with Gasteiger partial charge >= 0.3 is 0 Å². The number of nitrogens with zero attached hydrogens (tertiary/aromatic N) is 4. The SMILES string of the molecule is CC(C)(C)c1cc(CCC(=O)N2CCCC(c3nnc4n3CCCCC4)C2)cc(C(C)(C)C)c1O. The summed E-state index contributed by atoms with van der Waals surface area (Å²) in [5.74, 6) is 3.10. The van der Waals surface area contributed by atoms with E-state index in [0.29, 0.717) is 18.6 Å². The van der Waals surface area contributed by atoms with E-state index in [4.69, 9.17) is 0 Å². The summed E-state index contributed by atoms with van der Waals surface area (Å²) in [5.41, 5.74) is 2.71. The molecule has 6 heteroatoms. The van der Waals surface area contributed by atoms with Crippen LogP contribution in [-0.2, 0) is 35.0 Å². The summed E-state index contributed by atoms with van der Waals surface area (Å²) in [6, 6.07) is 4.20. The van der Waals surface area contributed by atoms with E-state index >= 15 is 0 Å². The molecule has 2 aromatic rings. The van der Waals surface area contributed by atoms with E-state index in [-0.39, 0.29) is 22.7 Å². The fourth-order valence-electron chi connectivity index (χ4n) is 5.62.